The highest BCUT2D eigenvalue weighted by molar-refractivity contribution is 5.69. The highest BCUT2D eigenvalue weighted by atomic mass is 16.7. The van der Waals surface area contributed by atoms with Gasteiger partial charge in [0, 0.05) is 25.4 Å². The zero-order valence-electron chi connectivity index (χ0n) is 21.9. The number of carbonyl (C=O) groups is 1. The quantitative estimate of drug-likeness (QED) is 0.206. The number of hydrogen-bond donors (Lipinski definition) is 2. The second kappa shape index (κ2) is 15.1. The van der Waals surface area contributed by atoms with E-state index in [1.165, 1.54) is 26.4 Å². The SMILES string of the molecule is CCCC1CCC([C@H](O)/C=C/[C@@H]2[C@@H](C/C=C\CCCC(=O)OC)[C@@H](O)C[C@H]2OC2CCCCO2)C1. The van der Waals surface area contributed by atoms with Crippen molar-refractivity contribution >= 4 is 5.97 Å². The predicted molar refractivity (Wildman–Crippen MR) is 137 cm³/mol. The first-order valence-corrected chi connectivity index (χ1v) is 14.0. The average Bonchev–Trinajstić information content (AvgIpc) is 3.44. The van der Waals surface area contributed by atoms with E-state index in [0.717, 1.165) is 63.9 Å². The Kier molecular flexibility index (Phi) is 12.3. The van der Waals surface area contributed by atoms with Crippen molar-refractivity contribution in [2.45, 2.75) is 115 Å². The van der Waals surface area contributed by atoms with Gasteiger partial charge < -0.3 is 24.4 Å². The summed E-state index contributed by atoms with van der Waals surface area (Å²) in [6.07, 6.45) is 19.4. The van der Waals surface area contributed by atoms with Crippen LogP contribution in [0.3, 0.4) is 0 Å². The molecule has 0 amide bonds. The van der Waals surface area contributed by atoms with Crippen molar-refractivity contribution < 1.29 is 29.2 Å². The third-order valence-electron chi connectivity index (χ3n) is 8.20. The largest absolute Gasteiger partial charge is 0.469 e. The van der Waals surface area contributed by atoms with Crippen LogP contribution >= 0.6 is 0 Å². The van der Waals surface area contributed by atoms with Crippen molar-refractivity contribution in [3.05, 3.63) is 24.3 Å². The summed E-state index contributed by atoms with van der Waals surface area (Å²) >= 11 is 0. The molecule has 0 radical (unpaired) electrons. The lowest BCUT2D eigenvalue weighted by molar-refractivity contribution is -0.193. The molecule has 2 saturated carbocycles. The number of esters is 1. The van der Waals surface area contributed by atoms with Crippen LogP contribution in [0.2, 0.25) is 0 Å². The van der Waals surface area contributed by atoms with E-state index in [-0.39, 0.29) is 30.2 Å². The number of allylic oxidation sites excluding steroid dienone is 2. The fourth-order valence-electron chi connectivity index (χ4n) is 6.17. The first kappa shape index (κ1) is 28.4. The van der Waals surface area contributed by atoms with Crippen LogP contribution in [-0.2, 0) is 19.0 Å². The number of hydrogen-bond acceptors (Lipinski definition) is 6. The molecule has 0 spiro atoms. The number of methoxy groups -OCH3 is 1. The minimum absolute atomic E-state index is 0.0396. The third kappa shape index (κ3) is 8.99. The summed E-state index contributed by atoms with van der Waals surface area (Å²) in [7, 11) is 1.41. The van der Waals surface area contributed by atoms with Crippen molar-refractivity contribution in [2.24, 2.45) is 23.7 Å². The molecule has 2 aliphatic carbocycles. The van der Waals surface area contributed by atoms with E-state index in [9.17, 15) is 15.0 Å². The average molecular weight is 493 g/mol. The van der Waals surface area contributed by atoms with Gasteiger partial charge in [0.1, 0.15) is 0 Å². The van der Waals surface area contributed by atoms with Gasteiger partial charge in [-0.25, -0.2) is 0 Å². The van der Waals surface area contributed by atoms with Gasteiger partial charge in [0.25, 0.3) is 0 Å². The van der Waals surface area contributed by atoms with Crippen molar-refractivity contribution in [1.82, 2.24) is 0 Å². The van der Waals surface area contributed by atoms with Gasteiger partial charge in [0.2, 0.25) is 0 Å². The van der Waals surface area contributed by atoms with E-state index >= 15 is 0 Å². The molecule has 8 atom stereocenters. The van der Waals surface area contributed by atoms with E-state index in [1.54, 1.807) is 0 Å². The maximum absolute atomic E-state index is 11.3. The maximum atomic E-state index is 11.3. The molecule has 2 N–H and O–H groups in total. The highest BCUT2D eigenvalue weighted by Gasteiger charge is 2.42. The molecule has 1 heterocycles. The van der Waals surface area contributed by atoms with Gasteiger partial charge in [-0.15, -0.1) is 0 Å². The Labute approximate surface area is 212 Å². The van der Waals surface area contributed by atoms with Gasteiger partial charge in [-0.2, -0.15) is 0 Å². The van der Waals surface area contributed by atoms with Crippen molar-refractivity contribution in [3.63, 3.8) is 0 Å². The lowest BCUT2D eigenvalue weighted by Gasteiger charge is -2.29. The van der Waals surface area contributed by atoms with E-state index in [4.69, 9.17) is 14.2 Å². The molecule has 3 unspecified atom stereocenters. The molecule has 200 valence electrons. The van der Waals surface area contributed by atoms with Crippen LogP contribution < -0.4 is 0 Å². The van der Waals surface area contributed by atoms with Gasteiger partial charge in [-0.05, 0) is 69.1 Å². The molecule has 3 rings (SSSR count). The van der Waals surface area contributed by atoms with Crippen molar-refractivity contribution in [2.75, 3.05) is 13.7 Å². The Hall–Kier alpha value is -1.21. The molecule has 0 aromatic heterocycles. The molecular weight excluding hydrogens is 444 g/mol. The predicted octanol–water partition coefficient (Wildman–Crippen LogP) is 5.32. The van der Waals surface area contributed by atoms with Crippen LogP contribution in [0.4, 0.5) is 0 Å². The second-order valence-electron chi connectivity index (χ2n) is 10.8. The van der Waals surface area contributed by atoms with Crippen LogP contribution in [0.15, 0.2) is 24.3 Å². The molecule has 1 saturated heterocycles. The summed E-state index contributed by atoms with van der Waals surface area (Å²) in [4.78, 5) is 11.3. The standard InChI is InChI=1S/C29H48O6/c1-3-10-21-14-15-22(19-21)25(30)17-16-24-23(11-6-4-5-7-12-28(32)33-2)26(31)20-27(24)35-29-13-8-9-18-34-29/h4,6,16-17,21-27,29-31H,3,5,7-15,18-20H2,1-2H3/b6-4-,17-16+/t21?,22?,23-,24-,25-,26+,27-,29?/m1/s1. The van der Waals surface area contributed by atoms with Gasteiger partial charge >= 0.3 is 5.97 Å². The van der Waals surface area contributed by atoms with E-state index in [1.807, 2.05) is 6.08 Å². The molecule has 6 heteroatoms. The Bertz CT molecular complexity index is 670. The van der Waals surface area contributed by atoms with Crippen LogP contribution in [0, 0.1) is 23.7 Å². The van der Waals surface area contributed by atoms with Gasteiger partial charge in [0.05, 0.1) is 25.4 Å². The smallest absolute Gasteiger partial charge is 0.305 e. The molecule has 3 fully saturated rings. The zero-order chi connectivity index (χ0) is 25.0. The third-order valence-corrected chi connectivity index (χ3v) is 8.20. The summed E-state index contributed by atoms with van der Waals surface area (Å²) in [5, 5.41) is 21.9. The topological polar surface area (TPSA) is 85.2 Å². The van der Waals surface area contributed by atoms with Gasteiger partial charge in [-0.3, -0.25) is 4.79 Å². The van der Waals surface area contributed by atoms with E-state index < -0.39 is 12.2 Å². The van der Waals surface area contributed by atoms with Crippen LogP contribution in [0.1, 0.15) is 90.4 Å². The monoisotopic (exact) mass is 492 g/mol. The molecule has 0 aromatic carbocycles. The Morgan fingerprint density at radius 3 is 2.77 bits per heavy atom. The van der Waals surface area contributed by atoms with Crippen molar-refractivity contribution in [1.29, 1.82) is 0 Å². The van der Waals surface area contributed by atoms with Crippen LogP contribution in [0.5, 0.6) is 0 Å². The number of unbranched alkanes of at least 4 members (excludes halogenated alkanes) is 1. The summed E-state index contributed by atoms with van der Waals surface area (Å²) < 4.78 is 16.9. The van der Waals surface area contributed by atoms with Crippen molar-refractivity contribution in [3.8, 4) is 0 Å². The number of aliphatic hydroxyl groups is 2. The Balaban J connectivity index is 1.59. The van der Waals surface area contributed by atoms with Gasteiger partial charge in [0.15, 0.2) is 6.29 Å². The lowest BCUT2D eigenvalue weighted by Crippen LogP contribution is -2.31. The Morgan fingerprint density at radius 2 is 2.03 bits per heavy atom. The summed E-state index contributed by atoms with van der Waals surface area (Å²) in [5.41, 5.74) is 0. The number of carbonyl (C=O) groups excluding carboxylic acids is 1. The first-order chi connectivity index (χ1) is 17.0. The van der Waals surface area contributed by atoms with E-state index in [2.05, 4.69) is 25.2 Å². The van der Waals surface area contributed by atoms with E-state index in [0.29, 0.717) is 18.8 Å². The Morgan fingerprint density at radius 1 is 1.17 bits per heavy atom. The minimum atomic E-state index is -0.449. The summed E-state index contributed by atoms with van der Waals surface area (Å²) in [5.74, 6) is 0.987. The molecular formula is C29H48O6. The summed E-state index contributed by atoms with van der Waals surface area (Å²) in [6.45, 7) is 2.97. The van der Waals surface area contributed by atoms with Crippen LogP contribution in [0.25, 0.3) is 0 Å². The minimum Gasteiger partial charge on any atom is -0.469 e. The molecule has 35 heavy (non-hydrogen) atoms. The second-order valence-corrected chi connectivity index (χ2v) is 10.8. The normalized spacial score (nSPS) is 34.7. The number of rotatable bonds is 13. The molecule has 1 aliphatic heterocycles. The molecule has 0 aromatic rings. The zero-order valence-corrected chi connectivity index (χ0v) is 21.9. The van der Waals surface area contributed by atoms with Crippen LogP contribution in [-0.4, -0.2) is 54.5 Å². The fourth-order valence-corrected chi connectivity index (χ4v) is 6.17. The summed E-state index contributed by atoms with van der Waals surface area (Å²) in [6, 6.07) is 0. The fraction of sp³-hybridized carbons (Fsp3) is 0.828. The number of ether oxygens (including phenoxy) is 3. The molecule has 6 nitrogen and oxygen atoms in total. The van der Waals surface area contributed by atoms with Gasteiger partial charge in [-0.1, -0.05) is 50.5 Å². The maximum Gasteiger partial charge on any atom is 0.305 e. The molecule has 0 bridgehead atoms. The number of aliphatic hydroxyl groups excluding tert-OH is 2. The lowest BCUT2D eigenvalue weighted by atomic mass is 9.88. The first-order valence-electron chi connectivity index (χ1n) is 14.0. The molecule has 3 aliphatic rings. The highest BCUT2D eigenvalue weighted by Crippen LogP contribution is 2.40.